The Balaban J connectivity index is 0.00000167. The predicted molar refractivity (Wildman–Crippen MR) is 143 cm³/mol. The maximum atomic E-state index is 9.01. The van der Waals surface area contributed by atoms with Crippen LogP contribution in [0.1, 0.15) is 72.7 Å². The van der Waals surface area contributed by atoms with Gasteiger partial charge in [-0.2, -0.15) is 5.26 Å². The van der Waals surface area contributed by atoms with Crippen molar-refractivity contribution < 1.29 is 9.26 Å². The normalized spacial score (nSPS) is 17.2. The Bertz CT molecular complexity index is 1020. The van der Waals surface area contributed by atoms with Crippen LogP contribution in [0.2, 0.25) is 0 Å². The lowest BCUT2D eigenvalue weighted by atomic mass is 9.91. The highest BCUT2D eigenvalue weighted by molar-refractivity contribution is 7.12. The van der Waals surface area contributed by atoms with Gasteiger partial charge in [-0.15, -0.1) is 11.3 Å². The van der Waals surface area contributed by atoms with Gasteiger partial charge in [-0.1, -0.05) is 25.6 Å². The van der Waals surface area contributed by atoms with E-state index < -0.39 is 0 Å². The van der Waals surface area contributed by atoms with Crippen LogP contribution in [-0.2, 0) is 17.7 Å². The summed E-state index contributed by atoms with van der Waals surface area (Å²) in [6, 6.07) is 6.23. The van der Waals surface area contributed by atoms with E-state index in [2.05, 4.69) is 35.7 Å². The maximum absolute atomic E-state index is 9.01. The van der Waals surface area contributed by atoms with Gasteiger partial charge < -0.3 is 15.0 Å². The molecule has 2 aromatic rings. The lowest BCUT2D eigenvalue weighted by Gasteiger charge is -2.31. The van der Waals surface area contributed by atoms with Crippen LogP contribution in [-0.4, -0.2) is 36.3 Å². The van der Waals surface area contributed by atoms with Gasteiger partial charge in [0, 0.05) is 23.5 Å². The van der Waals surface area contributed by atoms with E-state index >= 15 is 0 Å². The van der Waals surface area contributed by atoms with Crippen molar-refractivity contribution in [1.82, 2.24) is 10.1 Å². The minimum atomic E-state index is 0.333. The molecular formula is C28H40N4O2S. The van der Waals surface area contributed by atoms with Gasteiger partial charge in [0.1, 0.15) is 16.7 Å². The zero-order valence-electron chi connectivity index (χ0n) is 21.5. The van der Waals surface area contributed by atoms with Gasteiger partial charge >= 0.3 is 0 Å². The number of ether oxygens (including phenoxy) is 1. The van der Waals surface area contributed by atoms with E-state index in [0.717, 1.165) is 72.3 Å². The third-order valence-electron chi connectivity index (χ3n) is 6.80. The topological polar surface area (TPSA) is 88.3 Å². The lowest BCUT2D eigenvalue weighted by Crippen LogP contribution is -2.33. The van der Waals surface area contributed by atoms with Crippen molar-refractivity contribution in [2.75, 3.05) is 26.2 Å². The fraction of sp³-hybridized carbons (Fsp3) is 0.571. The molecule has 1 saturated carbocycles. The smallest absolute Gasteiger partial charge is 0.170 e. The summed E-state index contributed by atoms with van der Waals surface area (Å²) in [5.41, 5.74) is 8.99. The highest BCUT2D eigenvalue weighted by Gasteiger charge is 2.25. The van der Waals surface area contributed by atoms with Crippen LogP contribution in [0.5, 0.6) is 0 Å². The molecule has 0 amide bonds. The lowest BCUT2D eigenvalue weighted by molar-refractivity contribution is 0.173. The SMILES string of the molecule is C=C/C(OCC1CC1)=C(/CN)c1onc(CCC2CCN(Cc3ccc(C#N)s3)CC2)c1C.CC. The number of aromatic nitrogens is 1. The molecule has 4 rings (SSSR count). The molecule has 0 atom stereocenters. The van der Waals surface area contributed by atoms with Gasteiger partial charge in [-0.05, 0) is 88.6 Å². The van der Waals surface area contributed by atoms with E-state index in [1.54, 1.807) is 17.4 Å². The van der Waals surface area contributed by atoms with Crippen molar-refractivity contribution in [3.8, 4) is 6.07 Å². The summed E-state index contributed by atoms with van der Waals surface area (Å²) in [7, 11) is 0. The van der Waals surface area contributed by atoms with Gasteiger partial charge in [-0.3, -0.25) is 4.90 Å². The molecule has 0 unspecified atom stereocenters. The first-order valence-corrected chi connectivity index (χ1v) is 13.8. The van der Waals surface area contributed by atoms with Crippen LogP contribution in [0, 0.1) is 30.1 Å². The molecule has 0 aromatic carbocycles. The second-order valence-corrected chi connectivity index (χ2v) is 10.4. The Morgan fingerprint density at radius 2 is 2.03 bits per heavy atom. The Morgan fingerprint density at radius 3 is 2.63 bits per heavy atom. The zero-order valence-corrected chi connectivity index (χ0v) is 22.3. The van der Waals surface area contributed by atoms with E-state index in [0.29, 0.717) is 18.4 Å². The second kappa shape index (κ2) is 13.6. The number of thiophene rings is 1. The summed E-state index contributed by atoms with van der Waals surface area (Å²) in [5, 5.41) is 13.4. The second-order valence-electron chi connectivity index (χ2n) is 9.22. The van der Waals surface area contributed by atoms with Gasteiger partial charge in [0.2, 0.25) is 0 Å². The summed E-state index contributed by atoms with van der Waals surface area (Å²) in [5.74, 6) is 2.82. The molecule has 3 heterocycles. The molecule has 1 saturated heterocycles. The van der Waals surface area contributed by atoms with Gasteiger partial charge in [0.15, 0.2) is 5.76 Å². The van der Waals surface area contributed by atoms with Crippen LogP contribution in [0.25, 0.3) is 5.57 Å². The third kappa shape index (κ3) is 7.54. The fourth-order valence-corrected chi connectivity index (χ4v) is 5.31. The van der Waals surface area contributed by atoms with Gasteiger partial charge in [0.25, 0.3) is 0 Å². The summed E-state index contributed by atoms with van der Waals surface area (Å²) >= 11 is 1.60. The number of rotatable bonds is 11. The van der Waals surface area contributed by atoms with Gasteiger partial charge in [-0.25, -0.2) is 0 Å². The fourth-order valence-electron chi connectivity index (χ4n) is 4.47. The van der Waals surface area contributed by atoms with Crippen molar-refractivity contribution >= 4 is 16.9 Å². The number of nitriles is 1. The molecule has 0 spiro atoms. The third-order valence-corrected chi connectivity index (χ3v) is 7.78. The van der Waals surface area contributed by atoms with E-state index in [1.165, 1.54) is 30.6 Å². The summed E-state index contributed by atoms with van der Waals surface area (Å²) in [6.07, 6.45) is 8.64. The molecule has 1 aliphatic carbocycles. The molecule has 190 valence electrons. The summed E-state index contributed by atoms with van der Waals surface area (Å²) < 4.78 is 11.7. The molecule has 2 fully saturated rings. The van der Waals surface area contributed by atoms with E-state index in [1.807, 2.05) is 19.9 Å². The quantitative estimate of drug-likeness (QED) is 0.300. The number of piperidine rings is 1. The molecule has 6 nitrogen and oxygen atoms in total. The number of allylic oxidation sites excluding steroid dienone is 1. The Hall–Kier alpha value is -2.40. The molecule has 7 heteroatoms. The molecule has 0 radical (unpaired) electrons. The molecule has 35 heavy (non-hydrogen) atoms. The minimum absolute atomic E-state index is 0.333. The molecule has 1 aliphatic heterocycles. The van der Waals surface area contributed by atoms with Crippen LogP contribution in [0.15, 0.2) is 35.1 Å². The van der Waals surface area contributed by atoms with Crippen molar-refractivity contribution in [2.24, 2.45) is 17.6 Å². The number of aryl methyl sites for hydroxylation is 1. The van der Waals surface area contributed by atoms with E-state index in [4.69, 9.17) is 20.3 Å². The molecular weight excluding hydrogens is 456 g/mol. The summed E-state index contributed by atoms with van der Waals surface area (Å²) in [6.45, 7) is 14.2. The summed E-state index contributed by atoms with van der Waals surface area (Å²) in [4.78, 5) is 4.57. The number of hydrogen-bond acceptors (Lipinski definition) is 7. The van der Waals surface area contributed by atoms with Crippen LogP contribution < -0.4 is 5.73 Å². The Morgan fingerprint density at radius 1 is 1.29 bits per heavy atom. The van der Waals surface area contributed by atoms with Crippen LogP contribution in [0.4, 0.5) is 0 Å². The standard InChI is InChI=1S/C26H34N4O2S.C2H6/c1-3-25(31-17-20-4-5-20)23(15-28)26-18(2)24(29-32-26)9-6-19-10-12-30(13-11-19)16-22-8-7-21(14-27)33-22;1-2/h3,7-8,19-20H,1,4-6,9-13,15-17,28H2,2H3;1-2H3/b25-23+;. The monoisotopic (exact) mass is 496 g/mol. The Kier molecular flexibility index (Phi) is 10.6. The minimum Gasteiger partial charge on any atom is -0.493 e. The van der Waals surface area contributed by atoms with Crippen molar-refractivity contribution in [3.63, 3.8) is 0 Å². The molecule has 0 bridgehead atoms. The van der Waals surface area contributed by atoms with Crippen molar-refractivity contribution in [3.05, 3.63) is 57.3 Å². The first-order chi connectivity index (χ1) is 17.1. The molecule has 2 aliphatic rings. The number of nitrogens with two attached hydrogens (primary N) is 1. The van der Waals surface area contributed by atoms with E-state index in [-0.39, 0.29) is 0 Å². The van der Waals surface area contributed by atoms with Crippen molar-refractivity contribution in [1.29, 1.82) is 5.26 Å². The largest absolute Gasteiger partial charge is 0.493 e. The number of hydrogen-bond donors (Lipinski definition) is 1. The van der Waals surface area contributed by atoms with Crippen LogP contribution in [0.3, 0.4) is 0 Å². The zero-order chi connectivity index (χ0) is 25.2. The predicted octanol–water partition coefficient (Wildman–Crippen LogP) is 6.07. The number of nitrogens with zero attached hydrogens (tertiary/aromatic N) is 3. The highest BCUT2D eigenvalue weighted by Crippen LogP contribution is 2.32. The first kappa shape index (κ1) is 27.2. The average molecular weight is 497 g/mol. The van der Waals surface area contributed by atoms with Gasteiger partial charge in [0.05, 0.1) is 17.9 Å². The van der Waals surface area contributed by atoms with Crippen molar-refractivity contribution in [2.45, 2.75) is 65.8 Å². The first-order valence-electron chi connectivity index (χ1n) is 13.0. The average Bonchev–Trinajstić information content (AvgIpc) is 3.50. The number of likely N-dealkylation sites (tertiary alicyclic amines) is 1. The maximum Gasteiger partial charge on any atom is 0.170 e. The van der Waals surface area contributed by atoms with E-state index in [9.17, 15) is 0 Å². The molecule has 2 N–H and O–H groups in total. The Labute approximate surface area is 214 Å². The molecule has 2 aromatic heterocycles. The van der Waals surface area contributed by atoms with Crippen LogP contribution >= 0.6 is 11.3 Å². The highest BCUT2D eigenvalue weighted by atomic mass is 32.1.